The zero-order chi connectivity index (χ0) is 11.6. The molecule has 0 bridgehead atoms. The van der Waals surface area contributed by atoms with Crippen molar-refractivity contribution in [3.05, 3.63) is 24.3 Å². The number of thiazole rings is 1. The van der Waals surface area contributed by atoms with Gasteiger partial charge < -0.3 is 10.8 Å². The molecular weight excluding hydrogens is 240 g/mol. The molecule has 86 valence electrons. The summed E-state index contributed by atoms with van der Waals surface area (Å²) < 4.78 is 2.16. The molecule has 3 N–H and O–H groups in total. The van der Waals surface area contributed by atoms with Gasteiger partial charge in [-0.3, -0.25) is 0 Å². The van der Waals surface area contributed by atoms with E-state index in [1.165, 1.54) is 4.70 Å². The lowest BCUT2D eigenvalue weighted by atomic mass is 10.1. The summed E-state index contributed by atoms with van der Waals surface area (Å²) in [6.07, 6.45) is 0. The van der Waals surface area contributed by atoms with Gasteiger partial charge in [0.25, 0.3) is 0 Å². The van der Waals surface area contributed by atoms with Crippen molar-refractivity contribution in [3.63, 3.8) is 0 Å². The normalized spacial score (nSPS) is 15.2. The molecule has 0 spiro atoms. The van der Waals surface area contributed by atoms with E-state index in [0.29, 0.717) is 5.75 Å². The molecule has 2 rings (SSSR count). The fourth-order valence-corrected chi connectivity index (χ4v) is 3.28. The van der Waals surface area contributed by atoms with Gasteiger partial charge >= 0.3 is 0 Å². The lowest BCUT2D eigenvalue weighted by Gasteiger charge is -2.19. The Morgan fingerprint density at radius 1 is 1.50 bits per heavy atom. The SMILES string of the molecule is CC(O)(CN)CSc1nc2ccccc2s1. The van der Waals surface area contributed by atoms with Crippen LogP contribution in [-0.4, -0.2) is 28.0 Å². The van der Waals surface area contributed by atoms with Gasteiger partial charge in [0.2, 0.25) is 0 Å². The molecule has 1 aromatic heterocycles. The third kappa shape index (κ3) is 2.74. The number of hydrogen-bond acceptors (Lipinski definition) is 5. The van der Waals surface area contributed by atoms with E-state index in [-0.39, 0.29) is 6.54 Å². The van der Waals surface area contributed by atoms with Crippen molar-refractivity contribution < 1.29 is 5.11 Å². The van der Waals surface area contributed by atoms with Crippen LogP contribution in [0.5, 0.6) is 0 Å². The maximum Gasteiger partial charge on any atom is 0.151 e. The topological polar surface area (TPSA) is 59.1 Å². The largest absolute Gasteiger partial charge is 0.388 e. The van der Waals surface area contributed by atoms with E-state index in [9.17, 15) is 5.11 Å². The standard InChI is InChI=1S/C11H14N2OS2/c1-11(14,6-12)7-15-10-13-8-4-2-3-5-9(8)16-10/h2-5,14H,6-7,12H2,1H3. The summed E-state index contributed by atoms with van der Waals surface area (Å²) in [5.41, 5.74) is 5.66. The Hall–Kier alpha value is -0.620. The summed E-state index contributed by atoms with van der Waals surface area (Å²) in [6, 6.07) is 8.03. The summed E-state index contributed by atoms with van der Waals surface area (Å²) in [4.78, 5) is 4.48. The van der Waals surface area contributed by atoms with Crippen LogP contribution < -0.4 is 5.73 Å². The molecule has 1 unspecified atom stereocenters. The number of aliphatic hydroxyl groups is 1. The Bertz CT molecular complexity index is 449. The van der Waals surface area contributed by atoms with Gasteiger partial charge in [-0.1, -0.05) is 23.9 Å². The van der Waals surface area contributed by atoms with Crippen LogP contribution >= 0.6 is 23.1 Å². The second-order valence-corrected chi connectivity index (χ2v) is 6.19. The summed E-state index contributed by atoms with van der Waals surface area (Å²) in [7, 11) is 0. The maximum atomic E-state index is 9.79. The first-order valence-electron chi connectivity index (χ1n) is 5.01. The number of thioether (sulfide) groups is 1. The highest BCUT2D eigenvalue weighted by Crippen LogP contribution is 2.30. The monoisotopic (exact) mass is 254 g/mol. The molecule has 0 aliphatic heterocycles. The molecule has 2 aromatic rings. The number of rotatable bonds is 4. The van der Waals surface area contributed by atoms with E-state index in [2.05, 4.69) is 11.1 Å². The molecular formula is C11H14N2OS2. The van der Waals surface area contributed by atoms with E-state index >= 15 is 0 Å². The molecule has 0 aliphatic carbocycles. The van der Waals surface area contributed by atoms with Crippen molar-refractivity contribution in [1.82, 2.24) is 4.98 Å². The number of para-hydroxylation sites is 1. The zero-order valence-electron chi connectivity index (χ0n) is 9.01. The second kappa shape index (κ2) is 4.71. The van der Waals surface area contributed by atoms with Crippen molar-refractivity contribution >= 4 is 33.3 Å². The maximum absolute atomic E-state index is 9.79. The van der Waals surface area contributed by atoms with E-state index in [4.69, 9.17) is 5.73 Å². The second-order valence-electron chi connectivity index (χ2n) is 3.94. The number of nitrogens with zero attached hydrogens (tertiary/aromatic N) is 1. The van der Waals surface area contributed by atoms with E-state index < -0.39 is 5.60 Å². The Labute approximate surface area is 103 Å². The highest BCUT2D eigenvalue weighted by molar-refractivity contribution is 8.01. The van der Waals surface area contributed by atoms with Gasteiger partial charge in [0, 0.05) is 12.3 Å². The third-order valence-corrected chi connectivity index (χ3v) is 4.76. The third-order valence-electron chi connectivity index (χ3n) is 2.22. The first-order valence-corrected chi connectivity index (χ1v) is 6.82. The Kier molecular flexibility index (Phi) is 3.49. The summed E-state index contributed by atoms with van der Waals surface area (Å²) >= 11 is 3.20. The van der Waals surface area contributed by atoms with Crippen LogP contribution in [0.1, 0.15) is 6.92 Å². The Balaban J connectivity index is 2.10. The average molecular weight is 254 g/mol. The quantitative estimate of drug-likeness (QED) is 0.820. The van der Waals surface area contributed by atoms with Crippen molar-refractivity contribution in [2.45, 2.75) is 16.9 Å². The first-order chi connectivity index (χ1) is 7.61. The summed E-state index contributed by atoms with van der Waals surface area (Å²) in [6.45, 7) is 2.01. The van der Waals surface area contributed by atoms with Crippen LogP contribution in [0.25, 0.3) is 10.2 Å². The first kappa shape index (κ1) is 11.9. The molecule has 1 atom stereocenters. The summed E-state index contributed by atoms with van der Waals surface area (Å²) in [5.74, 6) is 0.573. The Morgan fingerprint density at radius 2 is 2.25 bits per heavy atom. The molecule has 3 nitrogen and oxygen atoms in total. The van der Waals surface area contributed by atoms with Crippen LogP contribution in [0.2, 0.25) is 0 Å². The van der Waals surface area contributed by atoms with Gasteiger partial charge in [-0.2, -0.15) is 0 Å². The van der Waals surface area contributed by atoms with Gasteiger partial charge in [0.1, 0.15) is 0 Å². The number of hydrogen-bond donors (Lipinski definition) is 2. The minimum atomic E-state index is -0.817. The molecule has 16 heavy (non-hydrogen) atoms. The van der Waals surface area contributed by atoms with Gasteiger partial charge in [-0.25, -0.2) is 4.98 Å². The van der Waals surface area contributed by atoms with Gasteiger partial charge in [0.15, 0.2) is 4.34 Å². The van der Waals surface area contributed by atoms with Gasteiger partial charge in [0.05, 0.1) is 15.8 Å². The fraction of sp³-hybridized carbons (Fsp3) is 0.364. The molecule has 0 radical (unpaired) electrons. The Morgan fingerprint density at radius 3 is 2.94 bits per heavy atom. The average Bonchev–Trinajstić information content (AvgIpc) is 2.69. The molecule has 0 saturated heterocycles. The number of nitrogens with two attached hydrogens (primary N) is 1. The van der Waals surface area contributed by atoms with Gasteiger partial charge in [-0.15, -0.1) is 11.3 Å². The molecule has 0 saturated carbocycles. The van der Waals surface area contributed by atoms with E-state index in [0.717, 1.165) is 9.86 Å². The molecule has 0 fully saturated rings. The van der Waals surface area contributed by atoms with Crippen molar-refractivity contribution in [2.75, 3.05) is 12.3 Å². The predicted octanol–water partition coefficient (Wildman–Crippen LogP) is 2.10. The van der Waals surface area contributed by atoms with E-state index in [1.54, 1.807) is 30.0 Å². The smallest absolute Gasteiger partial charge is 0.151 e. The van der Waals surface area contributed by atoms with Crippen LogP contribution in [0, 0.1) is 0 Å². The summed E-state index contributed by atoms with van der Waals surface area (Å²) in [5, 5.41) is 9.79. The molecule has 5 heteroatoms. The number of fused-ring (bicyclic) bond motifs is 1. The highest BCUT2D eigenvalue weighted by atomic mass is 32.2. The van der Waals surface area contributed by atoms with Crippen LogP contribution in [0.4, 0.5) is 0 Å². The van der Waals surface area contributed by atoms with Crippen molar-refractivity contribution in [2.24, 2.45) is 5.73 Å². The molecule has 1 aromatic carbocycles. The zero-order valence-corrected chi connectivity index (χ0v) is 10.6. The molecule has 0 aliphatic rings. The van der Waals surface area contributed by atoms with E-state index in [1.807, 2.05) is 18.2 Å². The molecule has 0 amide bonds. The van der Waals surface area contributed by atoms with Crippen molar-refractivity contribution in [1.29, 1.82) is 0 Å². The van der Waals surface area contributed by atoms with Crippen LogP contribution in [0.3, 0.4) is 0 Å². The minimum absolute atomic E-state index is 0.269. The lowest BCUT2D eigenvalue weighted by Crippen LogP contribution is -2.36. The van der Waals surface area contributed by atoms with Crippen LogP contribution in [-0.2, 0) is 0 Å². The molecule has 1 heterocycles. The number of benzene rings is 1. The van der Waals surface area contributed by atoms with Crippen LogP contribution in [0.15, 0.2) is 28.6 Å². The lowest BCUT2D eigenvalue weighted by molar-refractivity contribution is 0.0949. The fourth-order valence-electron chi connectivity index (χ4n) is 1.19. The highest BCUT2D eigenvalue weighted by Gasteiger charge is 2.19. The van der Waals surface area contributed by atoms with Crippen molar-refractivity contribution in [3.8, 4) is 0 Å². The number of aromatic nitrogens is 1. The predicted molar refractivity (Wildman–Crippen MR) is 70.0 cm³/mol. The van der Waals surface area contributed by atoms with Gasteiger partial charge in [-0.05, 0) is 19.1 Å². The minimum Gasteiger partial charge on any atom is -0.388 e.